The van der Waals surface area contributed by atoms with Gasteiger partial charge >= 0.3 is 6.09 Å². The zero-order valence-corrected chi connectivity index (χ0v) is 34.8. The molecule has 3 saturated heterocycles. The maximum Gasteiger partial charge on any atom is 0.407 e. The second-order valence-corrected chi connectivity index (χ2v) is 17.2. The summed E-state index contributed by atoms with van der Waals surface area (Å²) in [6, 6.07) is 24.6. The van der Waals surface area contributed by atoms with Crippen molar-refractivity contribution >= 4 is 41.1 Å². The molecule has 0 radical (unpaired) electrons. The Kier molecular flexibility index (Phi) is 11.7. The number of nitrogens with zero attached hydrogens (tertiary/aromatic N) is 4. The van der Waals surface area contributed by atoms with E-state index in [-0.39, 0.29) is 47.8 Å². The van der Waals surface area contributed by atoms with Gasteiger partial charge in [-0.15, -0.1) is 12.4 Å². The summed E-state index contributed by atoms with van der Waals surface area (Å²) in [6.45, 7) is 12.3. The third-order valence-corrected chi connectivity index (χ3v) is 12.2. The number of hydrogen-bond acceptors (Lipinski definition) is 7. The Hall–Kier alpha value is -4.87. The summed E-state index contributed by atoms with van der Waals surface area (Å²) in [5, 5.41) is 6.29. The minimum Gasteiger partial charge on any atom is -0.453 e. The normalized spacial score (nSPS) is 21.6. The molecule has 0 aliphatic carbocycles. The molecule has 2 aromatic heterocycles. The molecule has 3 aromatic carbocycles. The number of amides is 2. The lowest BCUT2D eigenvalue weighted by Gasteiger charge is -2.34. The van der Waals surface area contributed by atoms with E-state index in [1.165, 1.54) is 35.9 Å². The van der Waals surface area contributed by atoms with Crippen LogP contribution in [-0.2, 0) is 14.9 Å². The number of nitrogens with one attached hydrogen (secondary N) is 4. The van der Waals surface area contributed by atoms with Crippen molar-refractivity contribution in [2.75, 3.05) is 25.1 Å². The molecular formula is C45H57ClN8O3. The van der Waals surface area contributed by atoms with Crippen molar-refractivity contribution in [2.45, 2.75) is 109 Å². The second-order valence-electron chi connectivity index (χ2n) is 17.2. The number of fused-ring (bicyclic) bond motifs is 1. The first-order chi connectivity index (χ1) is 27.0. The molecule has 302 valence electrons. The van der Waals surface area contributed by atoms with Gasteiger partial charge in [0.15, 0.2) is 0 Å². The van der Waals surface area contributed by atoms with Crippen molar-refractivity contribution in [1.29, 1.82) is 0 Å². The number of rotatable bonds is 9. The van der Waals surface area contributed by atoms with Crippen LogP contribution in [0, 0.1) is 5.92 Å². The summed E-state index contributed by atoms with van der Waals surface area (Å²) in [5.41, 5.74) is 9.16. The highest BCUT2D eigenvalue weighted by molar-refractivity contribution is 5.86. The van der Waals surface area contributed by atoms with Crippen LogP contribution < -0.4 is 15.5 Å². The smallest absolute Gasteiger partial charge is 0.407 e. The van der Waals surface area contributed by atoms with Crippen molar-refractivity contribution in [3.05, 3.63) is 101 Å². The Morgan fingerprint density at radius 3 is 2.25 bits per heavy atom. The van der Waals surface area contributed by atoms with Gasteiger partial charge in [0.1, 0.15) is 17.7 Å². The molecule has 3 aliphatic rings. The number of benzene rings is 3. The molecule has 5 atom stereocenters. The third-order valence-electron chi connectivity index (χ3n) is 12.2. The van der Waals surface area contributed by atoms with Gasteiger partial charge in [0.25, 0.3) is 0 Å². The largest absolute Gasteiger partial charge is 0.453 e. The van der Waals surface area contributed by atoms with Crippen LogP contribution >= 0.6 is 12.4 Å². The highest BCUT2D eigenvalue weighted by Gasteiger charge is 2.39. The van der Waals surface area contributed by atoms with E-state index in [2.05, 4.69) is 113 Å². The van der Waals surface area contributed by atoms with Crippen molar-refractivity contribution < 1.29 is 14.3 Å². The van der Waals surface area contributed by atoms with Crippen molar-refractivity contribution in [2.24, 2.45) is 5.92 Å². The van der Waals surface area contributed by atoms with E-state index in [1.807, 2.05) is 24.9 Å². The predicted molar refractivity (Wildman–Crippen MR) is 228 cm³/mol. The van der Waals surface area contributed by atoms with Gasteiger partial charge in [-0.25, -0.2) is 14.8 Å². The van der Waals surface area contributed by atoms with E-state index in [0.717, 1.165) is 72.6 Å². The first kappa shape index (κ1) is 40.3. The van der Waals surface area contributed by atoms with Crippen molar-refractivity contribution in [3.8, 4) is 11.3 Å². The number of alkyl carbamates (subject to hydrolysis) is 1. The van der Waals surface area contributed by atoms with Crippen molar-refractivity contribution in [1.82, 2.24) is 35.5 Å². The van der Waals surface area contributed by atoms with Gasteiger partial charge in [-0.05, 0) is 103 Å². The van der Waals surface area contributed by atoms with Crippen LogP contribution in [0.4, 0.5) is 10.5 Å². The molecule has 0 saturated carbocycles. The zero-order valence-electron chi connectivity index (χ0n) is 34.0. The molecule has 5 aromatic rings. The fourth-order valence-corrected chi connectivity index (χ4v) is 9.03. The van der Waals surface area contributed by atoms with E-state index in [4.69, 9.17) is 14.7 Å². The molecule has 0 bridgehead atoms. The monoisotopic (exact) mass is 792 g/mol. The first-order valence-electron chi connectivity index (χ1n) is 20.4. The number of aromatic nitrogens is 4. The van der Waals surface area contributed by atoms with Gasteiger partial charge in [-0.3, -0.25) is 4.79 Å². The third kappa shape index (κ3) is 8.14. The van der Waals surface area contributed by atoms with E-state index >= 15 is 0 Å². The van der Waals surface area contributed by atoms with E-state index in [0.29, 0.717) is 12.6 Å². The molecule has 4 N–H and O–H groups in total. The van der Waals surface area contributed by atoms with Crippen LogP contribution in [0.5, 0.6) is 0 Å². The molecule has 2 amide bonds. The lowest BCUT2D eigenvalue weighted by atomic mass is 9.87. The molecule has 3 fully saturated rings. The van der Waals surface area contributed by atoms with Crippen LogP contribution in [0.15, 0.2) is 72.9 Å². The average Bonchev–Trinajstić information content (AvgIpc) is 4.05. The summed E-state index contributed by atoms with van der Waals surface area (Å²) in [6.07, 6.45) is 7.37. The standard InChI is InChI=1S/C45H56N8O3.ClH/c1-27(2)40(51-44(55)56-6)43(54)52-24-8-10-39(52)42-48-33-20-15-30(25-35(33)49-42)38-22-21-37(53(38)32-18-16-31(17-19-32)45(3,4)5)29-13-11-28(12-14-29)36-26-47-41(50-36)34-9-7-23-46-34;/h11-20,25-27,34,37-40,46H,7-10,21-24H2,1-6H3,(H,47,50)(H,48,49)(H,51,55);1H/t34-,37?,38?,39?,40?;/m0./s1. The van der Waals surface area contributed by atoms with Gasteiger partial charge in [-0.1, -0.05) is 77.1 Å². The summed E-state index contributed by atoms with van der Waals surface area (Å²) >= 11 is 0. The van der Waals surface area contributed by atoms with Crippen LogP contribution in [-0.4, -0.2) is 63.1 Å². The van der Waals surface area contributed by atoms with E-state index in [9.17, 15) is 9.59 Å². The summed E-state index contributed by atoms with van der Waals surface area (Å²) in [7, 11) is 1.32. The van der Waals surface area contributed by atoms with Crippen LogP contribution in [0.1, 0.15) is 126 Å². The fourth-order valence-electron chi connectivity index (χ4n) is 9.03. The number of hydrogen-bond donors (Lipinski definition) is 4. The number of methoxy groups -OCH3 is 1. The molecule has 4 unspecified atom stereocenters. The Morgan fingerprint density at radius 2 is 1.58 bits per heavy atom. The molecule has 5 heterocycles. The van der Waals surface area contributed by atoms with Crippen LogP contribution in [0.2, 0.25) is 0 Å². The minimum atomic E-state index is -0.675. The molecule has 0 spiro atoms. The highest BCUT2D eigenvalue weighted by atomic mass is 35.5. The average molecular weight is 793 g/mol. The highest BCUT2D eigenvalue weighted by Crippen LogP contribution is 2.48. The van der Waals surface area contributed by atoms with Gasteiger partial charge in [0.05, 0.1) is 54.2 Å². The van der Waals surface area contributed by atoms with Gasteiger partial charge < -0.3 is 35.1 Å². The quantitative estimate of drug-likeness (QED) is 0.117. The number of imidazole rings is 2. The Morgan fingerprint density at radius 1 is 0.860 bits per heavy atom. The number of anilines is 1. The second kappa shape index (κ2) is 16.5. The number of carbonyl (C=O) groups is 2. The number of ether oxygens (including phenoxy) is 1. The Bertz CT molecular complexity index is 2170. The molecule has 3 aliphatic heterocycles. The maximum atomic E-state index is 13.8. The number of aromatic amines is 2. The molecule has 57 heavy (non-hydrogen) atoms. The number of halogens is 1. The Labute approximate surface area is 342 Å². The van der Waals surface area contributed by atoms with Crippen LogP contribution in [0.3, 0.4) is 0 Å². The van der Waals surface area contributed by atoms with Crippen LogP contribution in [0.25, 0.3) is 22.3 Å². The molecule has 11 nitrogen and oxygen atoms in total. The van der Waals surface area contributed by atoms with Gasteiger partial charge in [0, 0.05) is 12.2 Å². The maximum absolute atomic E-state index is 13.8. The summed E-state index contributed by atoms with van der Waals surface area (Å²) in [5.74, 6) is 1.60. The summed E-state index contributed by atoms with van der Waals surface area (Å²) < 4.78 is 4.82. The minimum absolute atomic E-state index is 0. The molecule has 12 heteroatoms. The fraction of sp³-hybridized carbons (Fsp3) is 0.467. The number of H-pyrrole nitrogens is 2. The summed E-state index contributed by atoms with van der Waals surface area (Å²) in [4.78, 5) is 47.3. The number of likely N-dealkylation sites (tertiary alicyclic amines) is 1. The Balaban J connectivity index is 0.00000496. The van der Waals surface area contributed by atoms with E-state index < -0.39 is 12.1 Å². The lowest BCUT2D eigenvalue weighted by Crippen LogP contribution is -2.51. The van der Waals surface area contributed by atoms with Crippen molar-refractivity contribution in [3.63, 3.8) is 0 Å². The van der Waals surface area contributed by atoms with E-state index in [1.54, 1.807) is 0 Å². The molecule has 8 rings (SSSR count). The number of carbonyl (C=O) groups excluding carboxylic acids is 2. The first-order valence-corrected chi connectivity index (χ1v) is 20.4. The SMILES string of the molecule is COC(=O)NC(C(=O)N1CCCC1c1nc2ccc(C3CCC(c4ccc(-c5cnc([C@@H]6CCCN6)[nH]5)cc4)N3c3ccc(C(C)(C)C)cc3)cc2[nH]1)C(C)C.Cl. The topological polar surface area (TPSA) is 131 Å². The zero-order chi connectivity index (χ0) is 39.1. The molecular weight excluding hydrogens is 736 g/mol. The van der Waals surface area contributed by atoms with Gasteiger partial charge in [-0.2, -0.15) is 0 Å². The lowest BCUT2D eigenvalue weighted by molar-refractivity contribution is -0.135. The predicted octanol–water partition coefficient (Wildman–Crippen LogP) is 9.22. The van der Waals surface area contributed by atoms with Gasteiger partial charge in [0.2, 0.25) is 5.91 Å².